The number of phosphoric ester groups is 2. The average molecular weight is 1080 g/mol. The molecule has 74 heavy (non-hydrogen) atoms. The standard InChI is InChI=1S/C52H83N3O17P2/c1-3-5-7-8-9-10-11-12-13-14-15-16-17-21-29-35-47(58)67-39-44(70-48(59)36-30-22-19-18-20-26-32-43(57)34-28-24-23-27-33-42(56)31-25-6-4-2)40-68-73(63,64)72-74(65,66)69-41-45-49(60)50(61)51(71-45)55-38-37-46(53)54-52(55)62/h6,10-11,19-20,22-28,33-34,37-38,42-45,49-51,56-57,60-61H,3-5,7-9,12-18,21,29-32,35-36,39-41H2,1-2H3,(H,63,64)(H,65,66)(H2,53,54,62)/b11-10-,22-19-,24-23-,25-6-,26-20-,33-27+,34-28+/t42-,43+,44+,45+,49+,50+,51+/m0/s1. The number of aliphatic hydroxyl groups is 4. The predicted octanol–water partition coefficient (Wildman–Crippen LogP) is 8.61. The van der Waals surface area contributed by atoms with Crippen molar-refractivity contribution in [2.45, 2.75) is 185 Å². The molecule has 2 rings (SSSR count). The number of nitrogens with zero attached hydrogens (tertiary/aromatic N) is 2. The van der Waals surface area contributed by atoms with Crippen molar-refractivity contribution in [3.05, 3.63) is 108 Å². The molecule has 1 aromatic heterocycles. The number of anilines is 1. The smallest absolute Gasteiger partial charge is 0.462 e. The van der Waals surface area contributed by atoms with E-state index in [2.05, 4.69) is 28.4 Å². The van der Waals surface area contributed by atoms with Gasteiger partial charge in [0.15, 0.2) is 12.3 Å². The quantitative estimate of drug-likeness (QED) is 0.0106. The number of carbonyl (C=O) groups is 2. The second-order valence-electron chi connectivity index (χ2n) is 17.7. The van der Waals surface area contributed by atoms with Gasteiger partial charge in [0.25, 0.3) is 0 Å². The third-order valence-corrected chi connectivity index (χ3v) is 13.7. The molecule has 0 spiro atoms. The van der Waals surface area contributed by atoms with Gasteiger partial charge in [0.05, 0.1) is 25.4 Å². The van der Waals surface area contributed by atoms with Gasteiger partial charge in [-0.2, -0.15) is 9.29 Å². The molecule has 418 valence electrons. The maximum Gasteiger partial charge on any atom is 0.481 e. The van der Waals surface area contributed by atoms with Gasteiger partial charge in [-0.25, -0.2) is 13.9 Å². The zero-order valence-electron chi connectivity index (χ0n) is 43.1. The number of phosphoric acid groups is 2. The van der Waals surface area contributed by atoms with E-state index in [1.807, 2.05) is 31.2 Å². The molecule has 1 fully saturated rings. The molecule has 20 nitrogen and oxygen atoms in total. The molecule has 9 atom stereocenters. The molecule has 0 bridgehead atoms. The van der Waals surface area contributed by atoms with Crippen LogP contribution in [0.25, 0.3) is 0 Å². The van der Waals surface area contributed by atoms with Crippen molar-refractivity contribution in [1.82, 2.24) is 9.55 Å². The lowest BCUT2D eigenvalue weighted by Crippen LogP contribution is -2.36. The molecule has 8 N–H and O–H groups in total. The lowest BCUT2D eigenvalue weighted by molar-refractivity contribution is -0.161. The van der Waals surface area contributed by atoms with Gasteiger partial charge >= 0.3 is 33.3 Å². The third kappa shape index (κ3) is 31.7. The molecule has 0 radical (unpaired) electrons. The molecule has 2 unspecified atom stereocenters. The Kier molecular flexibility index (Phi) is 35.0. The van der Waals surface area contributed by atoms with Crippen LogP contribution < -0.4 is 11.4 Å². The molecule has 1 aliphatic rings. The van der Waals surface area contributed by atoms with Crippen LogP contribution in [0.15, 0.2) is 102 Å². The second kappa shape index (κ2) is 39.3. The summed E-state index contributed by atoms with van der Waals surface area (Å²) in [6.07, 6.45) is 34.5. The molecular formula is C52H83N3O17P2. The van der Waals surface area contributed by atoms with Crippen molar-refractivity contribution in [1.29, 1.82) is 0 Å². The first kappa shape index (κ1) is 66.0. The Morgan fingerprint density at radius 1 is 0.730 bits per heavy atom. The highest BCUT2D eigenvalue weighted by Gasteiger charge is 2.46. The SMILES string of the molecule is CC/C=C\C[C@H](O)/C=C/C=C\C=C\[C@H](O)C/C=C\C/C=C\CCC(=O)O[C@H](COC(=O)CCCCCCCCC/C=C\CCCCCC)COP(=O)(O)OP(=O)(O)OC[C@H]1O[C@@H](n2ccc(N)nc2=O)[C@H](O)[C@@H]1O. The number of ether oxygens (including phenoxy) is 3. The minimum atomic E-state index is -5.47. The van der Waals surface area contributed by atoms with Crippen LogP contribution >= 0.6 is 15.6 Å². The van der Waals surface area contributed by atoms with E-state index in [0.717, 1.165) is 68.6 Å². The Balaban J connectivity index is 1.87. The highest BCUT2D eigenvalue weighted by atomic mass is 31.3. The summed E-state index contributed by atoms with van der Waals surface area (Å²) in [5, 5.41) is 41.0. The van der Waals surface area contributed by atoms with Gasteiger partial charge in [-0.05, 0) is 70.3 Å². The van der Waals surface area contributed by atoms with Gasteiger partial charge in [0.1, 0.15) is 30.7 Å². The molecule has 2 heterocycles. The Morgan fingerprint density at radius 3 is 1.95 bits per heavy atom. The molecule has 1 aromatic rings. The number of unbranched alkanes of at least 4 members (excludes halogenated alkanes) is 11. The summed E-state index contributed by atoms with van der Waals surface area (Å²) in [4.78, 5) is 61.9. The third-order valence-electron chi connectivity index (χ3n) is 11.1. The number of rotatable bonds is 41. The van der Waals surface area contributed by atoms with E-state index >= 15 is 0 Å². The normalized spacial score (nSPS) is 20.4. The summed E-state index contributed by atoms with van der Waals surface area (Å²) < 4.78 is 56.6. The van der Waals surface area contributed by atoms with E-state index in [-0.39, 0.29) is 25.1 Å². The Labute approximate surface area is 436 Å². The first-order valence-corrected chi connectivity index (χ1v) is 28.8. The van der Waals surface area contributed by atoms with Gasteiger partial charge in [0, 0.05) is 19.0 Å². The monoisotopic (exact) mass is 1080 g/mol. The largest absolute Gasteiger partial charge is 0.481 e. The molecule has 0 saturated carbocycles. The Morgan fingerprint density at radius 2 is 1.31 bits per heavy atom. The highest BCUT2D eigenvalue weighted by molar-refractivity contribution is 7.61. The van der Waals surface area contributed by atoms with Gasteiger partial charge in [0.2, 0.25) is 0 Å². The zero-order valence-corrected chi connectivity index (χ0v) is 44.9. The van der Waals surface area contributed by atoms with Crippen LogP contribution in [0.2, 0.25) is 0 Å². The predicted molar refractivity (Wildman–Crippen MR) is 282 cm³/mol. The van der Waals surface area contributed by atoms with Gasteiger partial charge in [-0.1, -0.05) is 150 Å². The second-order valence-corrected chi connectivity index (χ2v) is 20.7. The maximum absolute atomic E-state index is 12.9. The fraction of sp³-hybridized carbons (Fsp3) is 0.615. The van der Waals surface area contributed by atoms with Crippen LogP contribution in [0, 0.1) is 0 Å². The van der Waals surface area contributed by atoms with E-state index in [9.17, 15) is 53.7 Å². The number of aromatic nitrogens is 2. The number of aliphatic hydroxyl groups excluding tert-OH is 4. The van der Waals surface area contributed by atoms with E-state index in [1.165, 1.54) is 31.7 Å². The molecule has 1 aliphatic heterocycles. The molecular weight excluding hydrogens is 1000 g/mol. The number of allylic oxidation sites excluding steroid dienone is 10. The number of esters is 2. The summed E-state index contributed by atoms with van der Waals surface area (Å²) in [7, 11) is -10.9. The van der Waals surface area contributed by atoms with Gasteiger partial charge in [-0.15, -0.1) is 0 Å². The summed E-state index contributed by atoms with van der Waals surface area (Å²) >= 11 is 0. The fourth-order valence-corrected chi connectivity index (χ4v) is 9.21. The molecule has 1 saturated heterocycles. The Hall–Kier alpha value is -4.14. The van der Waals surface area contributed by atoms with Gasteiger partial charge < -0.3 is 50.2 Å². The summed E-state index contributed by atoms with van der Waals surface area (Å²) in [6, 6.07) is 1.23. The van der Waals surface area contributed by atoms with E-state index < -0.39 is 95.9 Å². The van der Waals surface area contributed by atoms with Crippen molar-refractivity contribution in [2.75, 3.05) is 25.6 Å². The Bertz CT molecular complexity index is 2110. The van der Waals surface area contributed by atoms with Crippen LogP contribution in [-0.4, -0.2) is 108 Å². The topological polar surface area (TPSA) is 306 Å². The van der Waals surface area contributed by atoms with Crippen molar-refractivity contribution in [3.8, 4) is 0 Å². The van der Waals surface area contributed by atoms with E-state index in [1.54, 1.807) is 48.6 Å². The van der Waals surface area contributed by atoms with Crippen LogP contribution in [0.4, 0.5) is 5.82 Å². The maximum atomic E-state index is 12.9. The van der Waals surface area contributed by atoms with Crippen LogP contribution in [0.1, 0.15) is 148 Å². The van der Waals surface area contributed by atoms with Crippen LogP contribution in [-0.2, 0) is 46.3 Å². The first-order chi connectivity index (χ1) is 35.5. The lowest BCUT2D eigenvalue weighted by Gasteiger charge is -2.21. The minimum Gasteiger partial charge on any atom is -0.462 e. The first-order valence-electron chi connectivity index (χ1n) is 25.8. The lowest BCUT2D eigenvalue weighted by atomic mass is 10.1. The van der Waals surface area contributed by atoms with Gasteiger partial charge in [-0.3, -0.25) is 23.2 Å². The molecule has 0 aromatic carbocycles. The minimum absolute atomic E-state index is 0.0797. The van der Waals surface area contributed by atoms with Crippen molar-refractivity contribution < 1.29 is 76.5 Å². The molecule has 0 aliphatic carbocycles. The summed E-state index contributed by atoms with van der Waals surface area (Å²) in [5.41, 5.74) is 4.57. The average Bonchev–Trinajstić information content (AvgIpc) is 3.63. The van der Waals surface area contributed by atoms with E-state index in [4.69, 9.17) is 29.0 Å². The number of nitrogen functional groups attached to an aromatic ring is 1. The number of hydrogen-bond acceptors (Lipinski definition) is 17. The van der Waals surface area contributed by atoms with Crippen molar-refractivity contribution in [3.63, 3.8) is 0 Å². The molecule has 22 heteroatoms. The zero-order chi connectivity index (χ0) is 54.5. The molecule has 0 amide bonds. The van der Waals surface area contributed by atoms with Crippen molar-refractivity contribution >= 4 is 33.4 Å². The highest BCUT2D eigenvalue weighted by Crippen LogP contribution is 2.60. The van der Waals surface area contributed by atoms with Crippen LogP contribution in [0.5, 0.6) is 0 Å². The van der Waals surface area contributed by atoms with E-state index in [0.29, 0.717) is 25.7 Å². The van der Waals surface area contributed by atoms with Crippen molar-refractivity contribution in [2.24, 2.45) is 0 Å². The number of carbonyl (C=O) groups excluding carboxylic acids is 2. The fourth-order valence-electron chi connectivity index (χ4n) is 7.10. The number of hydrogen-bond donors (Lipinski definition) is 7. The summed E-state index contributed by atoms with van der Waals surface area (Å²) in [5.74, 6) is -1.49. The van der Waals surface area contributed by atoms with Crippen LogP contribution in [0.3, 0.4) is 0 Å². The number of nitrogens with two attached hydrogens (primary N) is 1. The summed E-state index contributed by atoms with van der Waals surface area (Å²) in [6.45, 7) is 1.77.